The van der Waals surface area contributed by atoms with Crippen molar-refractivity contribution in [1.82, 2.24) is 4.90 Å². The smallest absolute Gasteiger partial charge is 0.265 e. The van der Waals surface area contributed by atoms with Crippen molar-refractivity contribution in [3.05, 3.63) is 42.0 Å². The lowest BCUT2D eigenvalue weighted by atomic mass is 10.1. The topological polar surface area (TPSA) is 97.4 Å². The number of nitrogens with one attached hydrogen (secondary N) is 1. The minimum absolute atomic E-state index is 0.0959. The Hall–Kier alpha value is -3.75. The van der Waals surface area contributed by atoms with E-state index >= 15 is 0 Å². The number of ether oxygens (including phenoxy) is 3. The van der Waals surface area contributed by atoms with Crippen LogP contribution in [-0.2, 0) is 9.59 Å². The van der Waals surface area contributed by atoms with Gasteiger partial charge in [-0.3, -0.25) is 19.3 Å². The molecule has 1 aliphatic rings. The van der Waals surface area contributed by atoms with Gasteiger partial charge in [0.05, 0.1) is 19.9 Å². The SMILES string of the molecule is CCN(CC)C(=O)CN1C(=O)COc2ccc(NC(=O)c3cc(OC)cc(OC)c3)cc21. The molecule has 1 heterocycles. The van der Waals surface area contributed by atoms with Crippen LogP contribution in [0.2, 0.25) is 0 Å². The Kier molecular flexibility index (Phi) is 7.19. The zero-order chi connectivity index (χ0) is 23.3. The first-order valence-corrected chi connectivity index (χ1v) is 10.3. The molecule has 0 saturated carbocycles. The number of methoxy groups -OCH3 is 2. The quantitative estimate of drug-likeness (QED) is 0.676. The van der Waals surface area contributed by atoms with Gasteiger partial charge in [-0.05, 0) is 44.2 Å². The number of nitrogens with zero attached hydrogens (tertiary/aromatic N) is 2. The van der Waals surface area contributed by atoms with Crippen LogP contribution in [0.15, 0.2) is 36.4 Å². The van der Waals surface area contributed by atoms with Crippen LogP contribution < -0.4 is 24.4 Å². The van der Waals surface area contributed by atoms with Crippen LogP contribution in [0.4, 0.5) is 11.4 Å². The van der Waals surface area contributed by atoms with E-state index in [1.54, 1.807) is 41.3 Å². The van der Waals surface area contributed by atoms with Gasteiger partial charge in [0.25, 0.3) is 11.8 Å². The molecule has 0 atom stereocenters. The zero-order valence-electron chi connectivity index (χ0n) is 18.6. The maximum Gasteiger partial charge on any atom is 0.265 e. The second kappa shape index (κ2) is 10.0. The molecule has 0 aromatic heterocycles. The molecule has 3 amide bonds. The Morgan fingerprint density at radius 1 is 1.06 bits per heavy atom. The summed E-state index contributed by atoms with van der Waals surface area (Å²) in [5, 5.41) is 2.81. The van der Waals surface area contributed by atoms with E-state index in [2.05, 4.69) is 5.32 Å². The first-order chi connectivity index (χ1) is 15.4. The molecule has 0 unspecified atom stereocenters. The summed E-state index contributed by atoms with van der Waals surface area (Å²) in [6, 6.07) is 9.82. The van der Waals surface area contributed by atoms with E-state index < -0.39 is 0 Å². The van der Waals surface area contributed by atoms with E-state index in [1.165, 1.54) is 19.1 Å². The molecular weight excluding hydrogens is 414 g/mol. The highest BCUT2D eigenvalue weighted by atomic mass is 16.5. The molecule has 0 fully saturated rings. The summed E-state index contributed by atoms with van der Waals surface area (Å²) < 4.78 is 15.9. The third kappa shape index (κ3) is 4.93. The number of benzene rings is 2. The van der Waals surface area contributed by atoms with Crippen molar-refractivity contribution < 1.29 is 28.6 Å². The van der Waals surface area contributed by atoms with Crippen LogP contribution in [0.25, 0.3) is 0 Å². The number of hydrogen-bond donors (Lipinski definition) is 1. The Morgan fingerprint density at radius 2 is 1.72 bits per heavy atom. The molecule has 1 aliphatic heterocycles. The molecule has 2 aromatic carbocycles. The van der Waals surface area contributed by atoms with E-state index in [4.69, 9.17) is 14.2 Å². The average Bonchev–Trinajstić information content (AvgIpc) is 2.81. The van der Waals surface area contributed by atoms with Gasteiger partial charge in [-0.25, -0.2) is 0 Å². The molecule has 0 radical (unpaired) electrons. The first-order valence-electron chi connectivity index (χ1n) is 10.3. The molecular formula is C23H27N3O6. The first kappa shape index (κ1) is 22.9. The Balaban J connectivity index is 1.85. The standard InChI is InChI=1S/C23H27N3O6/c1-5-25(6-2)21(27)13-26-19-11-16(7-8-20(19)32-14-22(26)28)24-23(29)15-9-17(30-3)12-18(10-15)31-4/h7-12H,5-6,13-14H2,1-4H3,(H,24,29). The predicted octanol–water partition coefficient (Wildman–Crippen LogP) is 2.55. The minimum Gasteiger partial charge on any atom is -0.497 e. The largest absolute Gasteiger partial charge is 0.497 e. The van der Waals surface area contributed by atoms with Crippen molar-refractivity contribution in [1.29, 1.82) is 0 Å². The van der Waals surface area contributed by atoms with Crippen LogP contribution in [0.5, 0.6) is 17.2 Å². The average molecular weight is 441 g/mol. The van der Waals surface area contributed by atoms with Crippen LogP contribution in [0, 0.1) is 0 Å². The van der Waals surface area contributed by atoms with Crippen LogP contribution in [0.1, 0.15) is 24.2 Å². The lowest BCUT2D eigenvalue weighted by Gasteiger charge is -2.31. The normalized spacial score (nSPS) is 12.5. The summed E-state index contributed by atoms with van der Waals surface area (Å²) >= 11 is 0. The Labute approximate surface area is 186 Å². The van der Waals surface area contributed by atoms with Crippen LogP contribution in [-0.4, -0.2) is 63.1 Å². The van der Waals surface area contributed by atoms with Crippen molar-refractivity contribution in [2.45, 2.75) is 13.8 Å². The van der Waals surface area contributed by atoms with Crippen molar-refractivity contribution in [2.24, 2.45) is 0 Å². The third-order valence-corrected chi connectivity index (χ3v) is 5.18. The number of anilines is 2. The maximum atomic E-state index is 12.8. The number of fused-ring (bicyclic) bond motifs is 1. The van der Waals surface area contributed by atoms with Crippen molar-refractivity contribution >= 4 is 29.1 Å². The fourth-order valence-corrected chi connectivity index (χ4v) is 3.41. The van der Waals surface area contributed by atoms with Crippen LogP contribution >= 0.6 is 0 Å². The van der Waals surface area contributed by atoms with E-state index in [-0.39, 0.29) is 30.9 Å². The van der Waals surface area contributed by atoms with E-state index in [0.29, 0.717) is 47.3 Å². The predicted molar refractivity (Wildman–Crippen MR) is 120 cm³/mol. The summed E-state index contributed by atoms with van der Waals surface area (Å²) in [4.78, 5) is 41.0. The number of amides is 3. The van der Waals surface area contributed by atoms with Gasteiger partial charge in [-0.1, -0.05) is 0 Å². The summed E-state index contributed by atoms with van der Waals surface area (Å²) in [6.45, 7) is 4.65. The van der Waals surface area contributed by atoms with Gasteiger partial charge in [0, 0.05) is 30.4 Å². The van der Waals surface area contributed by atoms with Crippen molar-refractivity contribution in [2.75, 3.05) is 50.7 Å². The molecule has 0 spiro atoms. The van der Waals surface area contributed by atoms with Gasteiger partial charge in [0.2, 0.25) is 5.91 Å². The number of hydrogen-bond acceptors (Lipinski definition) is 6. The number of rotatable bonds is 8. The zero-order valence-corrected chi connectivity index (χ0v) is 18.6. The van der Waals surface area contributed by atoms with Crippen molar-refractivity contribution in [3.8, 4) is 17.2 Å². The molecule has 0 saturated heterocycles. The molecule has 9 heteroatoms. The van der Waals surface area contributed by atoms with E-state index in [9.17, 15) is 14.4 Å². The summed E-state index contributed by atoms with van der Waals surface area (Å²) in [7, 11) is 3.01. The fourth-order valence-electron chi connectivity index (χ4n) is 3.41. The fraction of sp³-hybridized carbons (Fsp3) is 0.348. The summed E-state index contributed by atoms with van der Waals surface area (Å²) in [6.07, 6.45) is 0. The van der Waals surface area contributed by atoms with Gasteiger partial charge in [0.15, 0.2) is 6.61 Å². The molecule has 9 nitrogen and oxygen atoms in total. The summed E-state index contributed by atoms with van der Waals surface area (Å²) in [5.74, 6) is 0.585. The highest BCUT2D eigenvalue weighted by molar-refractivity contribution is 6.06. The van der Waals surface area contributed by atoms with E-state index in [1.807, 2.05) is 13.8 Å². The monoisotopic (exact) mass is 441 g/mol. The molecule has 3 rings (SSSR count). The molecule has 0 bridgehead atoms. The molecule has 170 valence electrons. The molecule has 32 heavy (non-hydrogen) atoms. The highest BCUT2D eigenvalue weighted by Gasteiger charge is 2.29. The van der Waals surface area contributed by atoms with Gasteiger partial charge in [0.1, 0.15) is 23.8 Å². The van der Waals surface area contributed by atoms with E-state index in [0.717, 1.165) is 0 Å². The van der Waals surface area contributed by atoms with Crippen molar-refractivity contribution in [3.63, 3.8) is 0 Å². The molecule has 2 aromatic rings. The summed E-state index contributed by atoms with van der Waals surface area (Å²) in [5.41, 5.74) is 1.23. The van der Waals surface area contributed by atoms with Gasteiger partial charge in [-0.15, -0.1) is 0 Å². The molecule has 1 N–H and O–H groups in total. The van der Waals surface area contributed by atoms with Gasteiger partial charge < -0.3 is 24.4 Å². The second-order valence-corrected chi connectivity index (χ2v) is 7.07. The maximum absolute atomic E-state index is 12.8. The van der Waals surface area contributed by atoms with Gasteiger partial charge in [-0.2, -0.15) is 0 Å². The minimum atomic E-state index is -0.379. The lowest BCUT2D eigenvalue weighted by Crippen LogP contribution is -2.46. The number of likely N-dealkylation sites (N-methyl/N-ethyl adjacent to an activating group) is 1. The Morgan fingerprint density at radius 3 is 2.31 bits per heavy atom. The molecule has 0 aliphatic carbocycles. The lowest BCUT2D eigenvalue weighted by molar-refractivity contribution is -0.131. The Bertz CT molecular complexity index is 997. The number of carbonyl (C=O) groups is 3. The van der Waals surface area contributed by atoms with Crippen LogP contribution in [0.3, 0.4) is 0 Å². The second-order valence-electron chi connectivity index (χ2n) is 7.07. The highest BCUT2D eigenvalue weighted by Crippen LogP contribution is 2.35. The third-order valence-electron chi connectivity index (χ3n) is 5.18. The number of carbonyl (C=O) groups excluding carboxylic acids is 3. The van der Waals surface area contributed by atoms with Gasteiger partial charge >= 0.3 is 0 Å².